The monoisotopic (exact) mass is 206 g/mol. The molecule has 2 aromatic heterocycles. The first-order chi connectivity index (χ1) is 7.20. The number of rotatable bonds is 1. The molecule has 2 aromatic rings. The van der Waals surface area contributed by atoms with Crippen LogP contribution in [0.4, 0.5) is 0 Å². The van der Waals surface area contributed by atoms with Gasteiger partial charge in [-0.1, -0.05) is 19.9 Å². The van der Waals surface area contributed by atoms with Gasteiger partial charge in [0, 0.05) is 6.20 Å². The zero-order valence-electron chi connectivity index (χ0n) is 9.06. The van der Waals surface area contributed by atoms with Crippen molar-refractivity contribution in [2.45, 2.75) is 20.8 Å². The summed E-state index contributed by atoms with van der Waals surface area (Å²) >= 11 is 0. The van der Waals surface area contributed by atoms with E-state index in [0.29, 0.717) is 11.2 Å². The smallest absolute Gasteiger partial charge is 0.339 e. The lowest BCUT2D eigenvalue weighted by Gasteiger charge is -1.91. The molecule has 0 spiro atoms. The first-order valence-electron chi connectivity index (χ1n) is 4.87. The largest absolute Gasteiger partial charge is 0.478 e. The van der Waals surface area contributed by atoms with Gasteiger partial charge < -0.3 is 5.11 Å². The highest BCUT2D eigenvalue weighted by Gasteiger charge is 2.14. The molecule has 4 heteroatoms. The second kappa shape index (κ2) is 4.59. The van der Waals surface area contributed by atoms with E-state index in [2.05, 4.69) is 5.10 Å². The van der Waals surface area contributed by atoms with E-state index in [1.165, 1.54) is 0 Å². The SMILES string of the molecule is CC.Cc1nn2ccccc2c1C(=O)O. The Morgan fingerprint density at radius 1 is 1.40 bits per heavy atom. The predicted octanol–water partition coefficient (Wildman–Crippen LogP) is 2.37. The van der Waals surface area contributed by atoms with Crippen molar-refractivity contribution in [3.8, 4) is 0 Å². The Morgan fingerprint density at radius 2 is 2.07 bits per heavy atom. The summed E-state index contributed by atoms with van der Waals surface area (Å²) in [7, 11) is 0. The third-order valence-electron chi connectivity index (χ3n) is 1.93. The van der Waals surface area contributed by atoms with Gasteiger partial charge in [0.2, 0.25) is 0 Å². The van der Waals surface area contributed by atoms with Crippen LogP contribution in [0, 0.1) is 6.92 Å². The third kappa shape index (κ3) is 1.98. The molecule has 0 aliphatic rings. The topological polar surface area (TPSA) is 54.6 Å². The summed E-state index contributed by atoms with van der Waals surface area (Å²) in [5.74, 6) is -0.932. The Bertz CT molecular complexity index is 474. The first kappa shape index (κ1) is 11.2. The molecule has 2 heterocycles. The van der Waals surface area contributed by atoms with Crippen LogP contribution in [-0.2, 0) is 0 Å². The minimum Gasteiger partial charge on any atom is -0.478 e. The fourth-order valence-electron chi connectivity index (χ4n) is 1.38. The molecule has 80 valence electrons. The fraction of sp³-hybridized carbons (Fsp3) is 0.273. The van der Waals surface area contributed by atoms with E-state index in [-0.39, 0.29) is 5.56 Å². The minimum atomic E-state index is -0.932. The molecule has 0 fully saturated rings. The van der Waals surface area contributed by atoms with Crippen molar-refractivity contribution in [2.75, 3.05) is 0 Å². The maximum Gasteiger partial charge on any atom is 0.339 e. The summed E-state index contributed by atoms with van der Waals surface area (Å²) in [6, 6.07) is 5.34. The summed E-state index contributed by atoms with van der Waals surface area (Å²) < 4.78 is 1.57. The van der Waals surface area contributed by atoms with Crippen molar-refractivity contribution in [3.63, 3.8) is 0 Å². The van der Waals surface area contributed by atoms with Crippen molar-refractivity contribution >= 4 is 11.5 Å². The molecule has 0 amide bonds. The lowest BCUT2D eigenvalue weighted by Crippen LogP contribution is -1.97. The highest BCUT2D eigenvalue weighted by atomic mass is 16.4. The Balaban J connectivity index is 0.000000531. The van der Waals surface area contributed by atoms with Crippen LogP contribution in [0.3, 0.4) is 0 Å². The van der Waals surface area contributed by atoms with E-state index in [4.69, 9.17) is 5.11 Å². The first-order valence-corrected chi connectivity index (χ1v) is 4.87. The van der Waals surface area contributed by atoms with E-state index < -0.39 is 5.97 Å². The van der Waals surface area contributed by atoms with Crippen molar-refractivity contribution in [1.29, 1.82) is 0 Å². The molecule has 0 aliphatic heterocycles. The lowest BCUT2D eigenvalue weighted by atomic mass is 10.2. The molecule has 15 heavy (non-hydrogen) atoms. The number of aryl methyl sites for hydroxylation is 1. The van der Waals surface area contributed by atoms with Crippen molar-refractivity contribution in [1.82, 2.24) is 9.61 Å². The van der Waals surface area contributed by atoms with Crippen LogP contribution >= 0.6 is 0 Å². The number of aromatic nitrogens is 2. The molecular weight excluding hydrogens is 192 g/mol. The van der Waals surface area contributed by atoms with Gasteiger partial charge in [-0.25, -0.2) is 9.31 Å². The van der Waals surface area contributed by atoms with Crippen molar-refractivity contribution < 1.29 is 9.90 Å². The number of carboxylic acid groups (broad SMARTS) is 1. The molecule has 0 saturated heterocycles. The maximum atomic E-state index is 10.8. The number of hydrogen-bond donors (Lipinski definition) is 1. The number of carbonyl (C=O) groups is 1. The van der Waals surface area contributed by atoms with Gasteiger partial charge in [0.25, 0.3) is 0 Å². The molecule has 4 nitrogen and oxygen atoms in total. The van der Waals surface area contributed by atoms with Gasteiger partial charge in [0.15, 0.2) is 0 Å². The highest BCUT2D eigenvalue weighted by molar-refractivity contribution is 5.96. The zero-order valence-corrected chi connectivity index (χ0v) is 9.06. The average molecular weight is 206 g/mol. The van der Waals surface area contributed by atoms with Gasteiger partial charge in [0.05, 0.1) is 11.2 Å². The molecule has 0 atom stereocenters. The third-order valence-corrected chi connectivity index (χ3v) is 1.93. The van der Waals surface area contributed by atoms with Crippen LogP contribution < -0.4 is 0 Å². The normalized spacial score (nSPS) is 9.53. The fourth-order valence-corrected chi connectivity index (χ4v) is 1.38. The molecule has 2 rings (SSSR count). The Hall–Kier alpha value is -1.84. The van der Waals surface area contributed by atoms with E-state index in [1.807, 2.05) is 19.9 Å². The van der Waals surface area contributed by atoms with Crippen LogP contribution in [-0.4, -0.2) is 20.7 Å². The highest BCUT2D eigenvalue weighted by Crippen LogP contribution is 2.14. The zero-order chi connectivity index (χ0) is 11.4. The van der Waals surface area contributed by atoms with Crippen molar-refractivity contribution in [2.24, 2.45) is 0 Å². The van der Waals surface area contributed by atoms with Gasteiger partial charge in [-0.2, -0.15) is 5.10 Å². The second-order valence-electron chi connectivity index (χ2n) is 2.80. The van der Waals surface area contributed by atoms with E-state index in [0.717, 1.165) is 0 Å². The van der Waals surface area contributed by atoms with E-state index >= 15 is 0 Å². The van der Waals surface area contributed by atoms with Crippen LogP contribution in [0.2, 0.25) is 0 Å². The molecule has 1 N–H and O–H groups in total. The van der Waals surface area contributed by atoms with Crippen LogP contribution in [0.1, 0.15) is 29.9 Å². The molecule has 0 aromatic carbocycles. The van der Waals surface area contributed by atoms with Gasteiger partial charge in [0.1, 0.15) is 5.56 Å². The molecule has 0 unspecified atom stereocenters. The van der Waals surface area contributed by atoms with Gasteiger partial charge >= 0.3 is 5.97 Å². The van der Waals surface area contributed by atoms with Crippen LogP contribution in [0.5, 0.6) is 0 Å². The predicted molar refractivity (Wildman–Crippen MR) is 58.2 cm³/mol. The number of aromatic carboxylic acids is 1. The summed E-state index contributed by atoms with van der Waals surface area (Å²) in [6.45, 7) is 5.69. The molecule has 0 bridgehead atoms. The van der Waals surface area contributed by atoms with Gasteiger partial charge in [-0.15, -0.1) is 0 Å². The van der Waals surface area contributed by atoms with Gasteiger partial charge in [-0.3, -0.25) is 0 Å². The quantitative estimate of drug-likeness (QED) is 0.779. The molecule has 0 radical (unpaired) electrons. The summed E-state index contributed by atoms with van der Waals surface area (Å²) in [5, 5.41) is 13.0. The van der Waals surface area contributed by atoms with Crippen LogP contribution in [0.25, 0.3) is 5.52 Å². The number of fused-ring (bicyclic) bond motifs is 1. The summed E-state index contributed by atoms with van der Waals surface area (Å²) in [4.78, 5) is 10.8. The Kier molecular flexibility index (Phi) is 3.44. The molecule has 0 aliphatic carbocycles. The number of carboxylic acids is 1. The number of nitrogens with zero attached hydrogens (tertiary/aromatic N) is 2. The van der Waals surface area contributed by atoms with Gasteiger partial charge in [-0.05, 0) is 19.1 Å². The Morgan fingerprint density at radius 3 is 2.67 bits per heavy atom. The van der Waals surface area contributed by atoms with E-state index in [9.17, 15) is 4.79 Å². The molecular formula is C11H14N2O2. The minimum absolute atomic E-state index is 0.278. The van der Waals surface area contributed by atoms with E-state index in [1.54, 1.807) is 29.8 Å². The summed E-state index contributed by atoms with van der Waals surface area (Å²) in [6.07, 6.45) is 1.73. The van der Waals surface area contributed by atoms with Crippen LogP contribution in [0.15, 0.2) is 24.4 Å². The average Bonchev–Trinajstić information content (AvgIpc) is 2.56. The Labute approximate surface area is 88.2 Å². The standard InChI is InChI=1S/C9H8N2O2.C2H6/c1-6-8(9(12)13)7-4-2-3-5-11(7)10-6;1-2/h2-5H,1H3,(H,12,13);1-2H3. The molecule has 0 saturated carbocycles. The van der Waals surface area contributed by atoms with Crippen molar-refractivity contribution in [3.05, 3.63) is 35.7 Å². The summed E-state index contributed by atoms with van der Waals surface area (Å²) in [5.41, 5.74) is 1.45. The second-order valence-corrected chi connectivity index (χ2v) is 2.80. The number of hydrogen-bond acceptors (Lipinski definition) is 2. The lowest BCUT2D eigenvalue weighted by molar-refractivity contribution is 0.0698. The number of pyridine rings is 1. The maximum absolute atomic E-state index is 10.8.